The van der Waals surface area contributed by atoms with Gasteiger partial charge in [-0.05, 0) is 48.3 Å². The number of benzene rings is 1. The summed E-state index contributed by atoms with van der Waals surface area (Å²) in [5, 5.41) is 0. The molecule has 0 spiro atoms. The number of hydrogen-bond acceptors (Lipinski definition) is 1. The SMILES string of the molecule is CC(C)(C)C1CCC(=O)C(Cc2cc(F)cc(F)c2)C1. The van der Waals surface area contributed by atoms with Gasteiger partial charge >= 0.3 is 0 Å². The van der Waals surface area contributed by atoms with Gasteiger partial charge in [-0.2, -0.15) is 0 Å². The number of rotatable bonds is 2. The molecule has 2 atom stereocenters. The molecule has 1 aromatic rings. The van der Waals surface area contributed by atoms with Crippen LogP contribution >= 0.6 is 0 Å². The highest BCUT2D eigenvalue weighted by Gasteiger charge is 2.34. The van der Waals surface area contributed by atoms with Gasteiger partial charge in [0, 0.05) is 18.4 Å². The van der Waals surface area contributed by atoms with E-state index in [1.165, 1.54) is 12.1 Å². The Balaban J connectivity index is 2.12. The predicted octanol–water partition coefficient (Wildman–Crippen LogP) is 4.54. The fraction of sp³-hybridized carbons (Fsp3) is 0.588. The van der Waals surface area contributed by atoms with Crippen molar-refractivity contribution in [3.63, 3.8) is 0 Å². The molecule has 110 valence electrons. The van der Waals surface area contributed by atoms with Gasteiger partial charge in [-0.3, -0.25) is 4.79 Å². The molecule has 1 nitrogen and oxygen atoms in total. The minimum atomic E-state index is -0.573. The summed E-state index contributed by atoms with van der Waals surface area (Å²) in [6.07, 6.45) is 2.78. The zero-order valence-corrected chi connectivity index (χ0v) is 12.4. The molecule has 0 saturated heterocycles. The zero-order chi connectivity index (χ0) is 14.9. The molecule has 1 aliphatic carbocycles. The van der Waals surface area contributed by atoms with Crippen LogP contribution in [0.3, 0.4) is 0 Å². The highest BCUT2D eigenvalue weighted by atomic mass is 19.1. The second-order valence-electron chi connectivity index (χ2n) is 6.98. The van der Waals surface area contributed by atoms with Gasteiger partial charge in [0.1, 0.15) is 17.4 Å². The third-order valence-corrected chi connectivity index (χ3v) is 4.39. The lowest BCUT2D eigenvalue weighted by molar-refractivity contribution is -0.126. The Morgan fingerprint density at radius 2 is 1.75 bits per heavy atom. The van der Waals surface area contributed by atoms with Crippen LogP contribution in [0.5, 0.6) is 0 Å². The van der Waals surface area contributed by atoms with Crippen molar-refractivity contribution < 1.29 is 13.6 Å². The molecule has 2 unspecified atom stereocenters. The summed E-state index contributed by atoms with van der Waals surface area (Å²) in [5.74, 6) is -0.529. The molecule has 20 heavy (non-hydrogen) atoms. The van der Waals surface area contributed by atoms with E-state index in [1.54, 1.807) is 0 Å². The Labute approximate surface area is 119 Å². The van der Waals surface area contributed by atoms with Gasteiger partial charge in [0.25, 0.3) is 0 Å². The fourth-order valence-electron chi connectivity index (χ4n) is 3.11. The average Bonchev–Trinajstić information content (AvgIpc) is 2.29. The number of hydrogen-bond donors (Lipinski definition) is 0. The molecule has 1 aliphatic rings. The summed E-state index contributed by atoms with van der Waals surface area (Å²) in [4.78, 5) is 12.1. The Hall–Kier alpha value is -1.25. The van der Waals surface area contributed by atoms with Gasteiger partial charge in [-0.25, -0.2) is 8.78 Å². The second kappa shape index (κ2) is 5.63. The normalized spacial score (nSPS) is 23.9. The fourth-order valence-corrected chi connectivity index (χ4v) is 3.11. The lowest BCUT2D eigenvalue weighted by Crippen LogP contribution is -2.33. The van der Waals surface area contributed by atoms with E-state index >= 15 is 0 Å². The first-order valence-electron chi connectivity index (χ1n) is 7.23. The third kappa shape index (κ3) is 3.65. The molecule has 0 amide bonds. The molecule has 2 rings (SSSR count). The summed E-state index contributed by atoms with van der Waals surface area (Å²) < 4.78 is 26.4. The molecular formula is C17H22F2O. The molecule has 0 radical (unpaired) electrons. The van der Waals surface area contributed by atoms with Crippen LogP contribution in [0.1, 0.15) is 45.6 Å². The van der Waals surface area contributed by atoms with Crippen molar-refractivity contribution >= 4 is 5.78 Å². The maximum absolute atomic E-state index is 13.2. The maximum Gasteiger partial charge on any atom is 0.136 e. The van der Waals surface area contributed by atoms with Gasteiger partial charge in [-0.15, -0.1) is 0 Å². The molecular weight excluding hydrogens is 258 g/mol. The van der Waals surface area contributed by atoms with E-state index in [0.717, 1.165) is 18.9 Å². The van der Waals surface area contributed by atoms with E-state index in [2.05, 4.69) is 20.8 Å². The highest BCUT2D eigenvalue weighted by molar-refractivity contribution is 5.82. The zero-order valence-electron chi connectivity index (χ0n) is 12.4. The van der Waals surface area contributed by atoms with Crippen LogP contribution in [-0.2, 0) is 11.2 Å². The van der Waals surface area contributed by atoms with Crippen LogP contribution in [0.4, 0.5) is 8.78 Å². The lowest BCUT2D eigenvalue weighted by Gasteiger charge is -2.37. The highest BCUT2D eigenvalue weighted by Crippen LogP contribution is 2.39. The largest absolute Gasteiger partial charge is 0.299 e. The standard InChI is InChI=1S/C17H22F2O/c1-17(2,3)13-4-5-16(20)12(9-13)6-11-7-14(18)10-15(19)8-11/h7-8,10,12-13H,4-6,9H2,1-3H3. The van der Waals surface area contributed by atoms with Crippen molar-refractivity contribution in [1.29, 1.82) is 0 Å². The lowest BCUT2D eigenvalue weighted by atomic mass is 9.67. The summed E-state index contributed by atoms with van der Waals surface area (Å²) >= 11 is 0. The summed E-state index contributed by atoms with van der Waals surface area (Å²) in [6, 6.07) is 3.53. The monoisotopic (exact) mass is 280 g/mol. The van der Waals surface area contributed by atoms with Crippen molar-refractivity contribution in [2.75, 3.05) is 0 Å². The van der Waals surface area contributed by atoms with Crippen LogP contribution in [0.2, 0.25) is 0 Å². The van der Waals surface area contributed by atoms with Gasteiger partial charge in [0.2, 0.25) is 0 Å². The van der Waals surface area contributed by atoms with Gasteiger partial charge in [0.15, 0.2) is 0 Å². The Morgan fingerprint density at radius 3 is 2.30 bits per heavy atom. The molecule has 0 heterocycles. The molecule has 1 saturated carbocycles. The van der Waals surface area contributed by atoms with Crippen molar-refractivity contribution in [2.45, 2.75) is 46.5 Å². The van der Waals surface area contributed by atoms with Crippen LogP contribution in [-0.4, -0.2) is 5.78 Å². The summed E-state index contributed by atoms with van der Waals surface area (Å²) in [6.45, 7) is 6.56. The molecule has 3 heteroatoms. The number of carbonyl (C=O) groups is 1. The van der Waals surface area contributed by atoms with Crippen LogP contribution in [0, 0.1) is 28.9 Å². The molecule has 0 aliphatic heterocycles. The number of Topliss-reactive ketones (excluding diaryl/α,β-unsaturated/α-hetero) is 1. The molecule has 0 N–H and O–H groups in total. The van der Waals surface area contributed by atoms with Gasteiger partial charge in [0.05, 0.1) is 0 Å². The topological polar surface area (TPSA) is 17.1 Å². The van der Waals surface area contributed by atoms with Crippen LogP contribution < -0.4 is 0 Å². The number of carbonyl (C=O) groups excluding carboxylic acids is 1. The summed E-state index contributed by atoms with van der Waals surface area (Å²) in [7, 11) is 0. The molecule has 1 fully saturated rings. The van der Waals surface area contributed by atoms with E-state index in [-0.39, 0.29) is 17.1 Å². The van der Waals surface area contributed by atoms with E-state index in [4.69, 9.17) is 0 Å². The van der Waals surface area contributed by atoms with Crippen molar-refractivity contribution in [1.82, 2.24) is 0 Å². The smallest absolute Gasteiger partial charge is 0.136 e. The van der Waals surface area contributed by atoms with E-state index in [1.807, 2.05) is 0 Å². The van der Waals surface area contributed by atoms with E-state index in [9.17, 15) is 13.6 Å². The van der Waals surface area contributed by atoms with Gasteiger partial charge < -0.3 is 0 Å². The molecule has 1 aromatic carbocycles. The Kier molecular flexibility index (Phi) is 4.26. The Morgan fingerprint density at radius 1 is 1.15 bits per heavy atom. The number of ketones is 1. The minimum absolute atomic E-state index is 0.103. The van der Waals surface area contributed by atoms with Crippen molar-refractivity contribution in [3.05, 3.63) is 35.4 Å². The quantitative estimate of drug-likeness (QED) is 0.777. The van der Waals surface area contributed by atoms with Gasteiger partial charge in [-0.1, -0.05) is 20.8 Å². The second-order valence-corrected chi connectivity index (χ2v) is 6.98. The molecule has 0 aromatic heterocycles. The van der Waals surface area contributed by atoms with Crippen LogP contribution in [0.15, 0.2) is 18.2 Å². The van der Waals surface area contributed by atoms with E-state index < -0.39 is 11.6 Å². The minimum Gasteiger partial charge on any atom is -0.299 e. The first kappa shape index (κ1) is 15.1. The number of halogens is 2. The Bertz CT molecular complexity index is 482. The van der Waals surface area contributed by atoms with Crippen molar-refractivity contribution in [2.24, 2.45) is 17.3 Å². The predicted molar refractivity (Wildman–Crippen MR) is 75.4 cm³/mol. The third-order valence-electron chi connectivity index (χ3n) is 4.39. The average molecular weight is 280 g/mol. The van der Waals surface area contributed by atoms with Crippen molar-refractivity contribution in [3.8, 4) is 0 Å². The van der Waals surface area contributed by atoms with E-state index in [0.29, 0.717) is 24.3 Å². The first-order valence-corrected chi connectivity index (χ1v) is 7.23. The summed E-state index contributed by atoms with van der Waals surface area (Å²) in [5.41, 5.74) is 0.752. The molecule has 0 bridgehead atoms. The first-order chi connectivity index (χ1) is 9.25. The van der Waals surface area contributed by atoms with Crippen LogP contribution in [0.25, 0.3) is 0 Å². The maximum atomic E-state index is 13.2.